The molecule has 18 heavy (non-hydrogen) atoms. The topological polar surface area (TPSA) is 104 Å². The van der Waals surface area contributed by atoms with Crippen molar-refractivity contribution in [1.29, 1.82) is 0 Å². The van der Waals surface area contributed by atoms with E-state index in [1.807, 2.05) is 6.92 Å². The predicted molar refractivity (Wildman–Crippen MR) is 67.9 cm³/mol. The monoisotopic (exact) mass is 255 g/mol. The van der Waals surface area contributed by atoms with Crippen LogP contribution in [0.15, 0.2) is 0 Å². The number of hydrogen-bond donors (Lipinski definition) is 2. The second-order valence-electron chi connectivity index (χ2n) is 3.62. The Labute approximate surface area is 105 Å². The van der Waals surface area contributed by atoms with E-state index in [2.05, 4.69) is 15.3 Å². The van der Waals surface area contributed by atoms with Gasteiger partial charge in [-0.2, -0.15) is 4.98 Å². The first-order valence-corrected chi connectivity index (χ1v) is 5.61. The Morgan fingerprint density at radius 2 is 2.17 bits per heavy atom. The van der Waals surface area contributed by atoms with E-state index in [4.69, 9.17) is 5.11 Å². The number of aliphatic hydroxyl groups is 1. The van der Waals surface area contributed by atoms with Gasteiger partial charge in [-0.25, -0.2) is 4.98 Å². The Balaban J connectivity index is 3.36. The molecule has 0 aliphatic heterocycles. The second-order valence-corrected chi connectivity index (χ2v) is 3.62. The van der Waals surface area contributed by atoms with E-state index in [1.54, 1.807) is 18.9 Å². The van der Waals surface area contributed by atoms with Crippen LogP contribution < -0.4 is 10.2 Å². The highest BCUT2D eigenvalue weighted by Crippen LogP contribution is 2.29. The predicted octanol–water partition coefficient (Wildman–Crippen LogP) is 0.554. The largest absolute Gasteiger partial charge is 0.395 e. The van der Waals surface area contributed by atoms with Gasteiger partial charge >= 0.3 is 5.69 Å². The molecule has 0 bridgehead atoms. The summed E-state index contributed by atoms with van der Waals surface area (Å²) in [6.07, 6.45) is 0. The number of hydrogen-bond acceptors (Lipinski definition) is 7. The first kappa shape index (κ1) is 14.1. The van der Waals surface area contributed by atoms with Crippen molar-refractivity contribution in [3.05, 3.63) is 15.8 Å². The zero-order valence-electron chi connectivity index (χ0n) is 10.7. The number of anilines is 2. The van der Waals surface area contributed by atoms with Gasteiger partial charge in [-0.1, -0.05) is 0 Å². The summed E-state index contributed by atoms with van der Waals surface area (Å²) in [6.45, 7) is 4.12. The van der Waals surface area contributed by atoms with Crippen molar-refractivity contribution in [2.24, 2.45) is 0 Å². The normalized spacial score (nSPS) is 10.2. The third kappa shape index (κ3) is 2.83. The molecule has 0 saturated heterocycles. The van der Waals surface area contributed by atoms with Crippen LogP contribution in [0.4, 0.5) is 17.5 Å². The molecule has 2 N–H and O–H groups in total. The van der Waals surface area contributed by atoms with Gasteiger partial charge in [0.15, 0.2) is 0 Å². The molecule has 0 atom stereocenters. The molecule has 0 aliphatic carbocycles. The first-order chi connectivity index (χ1) is 8.54. The zero-order valence-corrected chi connectivity index (χ0v) is 10.7. The highest BCUT2D eigenvalue weighted by Gasteiger charge is 2.25. The molecule has 0 saturated carbocycles. The fourth-order valence-electron chi connectivity index (χ4n) is 1.63. The van der Waals surface area contributed by atoms with Crippen LogP contribution in [0.2, 0.25) is 0 Å². The molecule has 0 unspecified atom stereocenters. The van der Waals surface area contributed by atoms with E-state index in [-0.39, 0.29) is 24.7 Å². The van der Waals surface area contributed by atoms with Gasteiger partial charge in [-0.05, 0) is 13.8 Å². The van der Waals surface area contributed by atoms with Crippen LogP contribution in [0.3, 0.4) is 0 Å². The molecular weight excluding hydrogens is 238 g/mol. The van der Waals surface area contributed by atoms with E-state index in [0.717, 1.165) is 0 Å². The lowest BCUT2D eigenvalue weighted by molar-refractivity contribution is -0.385. The van der Waals surface area contributed by atoms with Crippen LogP contribution in [-0.2, 0) is 0 Å². The lowest BCUT2D eigenvalue weighted by Crippen LogP contribution is -2.28. The molecule has 8 nitrogen and oxygen atoms in total. The van der Waals surface area contributed by atoms with Crippen LogP contribution in [0.5, 0.6) is 0 Å². The van der Waals surface area contributed by atoms with Crippen LogP contribution in [-0.4, -0.2) is 46.7 Å². The van der Waals surface area contributed by atoms with Crippen molar-refractivity contribution >= 4 is 17.5 Å². The fraction of sp³-hybridized carbons (Fsp3) is 0.600. The number of nitrogens with one attached hydrogen (secondary N) is 1. The van der Waals surface area contributed by atoms with Gasteiger partial charge < -0.3 is 15.3 Å². The van der Waals surface area contributed by atoms with Crippen LogP contribution >= 0.6 is 0 Å². The summed E-state index contributed by atoms with van der Waals surface area (Å²) in [4.78, 5) is 20.3. The van der Waals surface area contributed by atoms with Crippen molar-refractivity contribution in [3.63, 3.8) is 0 Å². The van der Waals surface area contributed by atoms with Gasteiger partial charge in [0, 0.05) is 20.1 Å². The minimum Gasteiger partial charge on any atom is -0.395 e. The minimum absolute atomic E-state index is 0.0943. The Bertz CT molecular complexity index is 438. The lowest BCUT2D eigenvalue weighted by Gasteiger charge is -2.21. The van der Waals surface area contributed by atoms with Gasteiger partial charge in [0.25, 0.3) is 0 Å². The van der Waals surface area contributed by atoms with Crippen molar-refractivity contribution in [1.82, 2.24) is 9.97 Å². The maximum absolute atomic E-state index is 11.1. The van der Waals surface area contributed by atoms with E-state index in [9.17, 15) is 10.1 Å². The van der Waals surface area contributed by atoms with Gasteiger partial charge in [0.05, 0.1) is 11.5 Å². The number of aliphatic hydroxyl groups excluding tert-OH is 1. The molecule has 0 aliphatic rings. The maximum atomic E-state index is 11.1. The molecule has 0 spiro atoms. The Morgan fingerprint density at radius 1 is 1.50 bits per heavy atom. The van der Waals surface area contributed by atoms with Crippen LogP contribution in [0, 0.1) is 17.0 Å². The fourth-order valence-corrected chi connectivity index (χ4v) is 1.63. The standard InChI is InChI=1S/C10H17N5O3/c1-4-14(5-6-16)9-8(15(17)18)7(2)12-10(11-3)13-9/h16H,4-6H2,1-3H3,(H,11,12,13). The molecule has 0 radical (unpaired) electrons. The third-order valence-electron chi connectivity index (χ3n) is 2.50. The number of nitro groups is 1. The number of likely N-dealkylation sites (N-methyl/N-ethyl adjacent to an activating group) is 1. The summed E-state index contributed by atoms with van der Waals surface area (Å²) < 4.78 is 0. The smallest absolute Gasteiger partial charge is 0.332 e. The SMILES string of the molecule is CCN(CCO)c1nc(NC)nc(C)c1[N+](=O)[O-]. The second kappa shape index (κ2) is 6.10. The summed E-state index contributed by atoms with van der Waals surface area (Å²) in [5, 5.41) is 22.8. The number of aryl methyl sites for hydroxylation is 1. The summed E-state index contributed by atoms with van der Waals surface area (Å²) in [5.41, 5.74) is 0.176. The summed E-state index contributed by atoms with van der Waals surface area (Å²) >= 11 is 0. The molecule has 1 aromatic heterocycles. The Hall–Kier alpha value is -1.96. The average Bonchev–Trinajstić information content (AvgIpc) is 2.34. The third-order valence-corrected chi connectivity index (χ3v) is 2.50. The quantitative estimate of drug-likeness (QED) is 0.565. The molecule has 0 aromatic carbocycles. The maximum Gasteiger partial charge on any atom is 0.332 e. The van der Waals surface area contributed by atoms with Gasteiger partial charge in [-0.15, -0.1) is 0 Å². The highest BCUT2D eigenvalue weighted by molar-refractivity contribution is 5.62. The summed E-state index contributed by atoms with van der Waals surface area (Å²) in [6, 6.07) is 0. The van der Waals surface area contributed by atoms with Crippen LogP contribution in [0.25, 0.3) is 0 Å². The van der Waals surface area contributed by atoms with E-state index in [1.165, 1.54) is 0 Å². The molecule has 8 heteroatoms. The van der Waals surface area contributed by atoms with E-state index >= 15 is 0 Å². The molecule has 0 amide bonds. The number of nitrogens with zero attached hydrogens (tertiary/aromatic N) is 4. The Morgan fingerprint density at radius 3 is 2.61 bits per heavy atom. The molecular formula is C10H17N5O3. The van der Waals surface area contributed by atoms with Gasteiger partial charge in [0.2, 0.25) is 11.8 Å². The lowest BCUT2D eigenvalue weighted by atomic mass is 10.3. The van der Waals surface area contributed by atoms with Crippen molar-refractivity contribution in [3.8, 4) is 0 Å². The molecule has 100 valence electrons. The first-order valence-electron chi connectivity index (χ1n) is 5.61. The van der Waals surface area contributed by atoms with Crippen molar-refractivity contribution < 1.29 is 10.0 Å². The van der Waals surface area contributed by atoms with E-state index < -0.39 is 4.92 Å². The minimum atomic E-state index is -0.496. The zero-order chi connectivity index (χ0) is 13.7. The van der Waals surface area contributed by atoms with Crippen molar-refractivity contribution in [2.75, 3.05) is 37.0 Å². The highest BCUT2D eigenvalue weighted by atomic mass is 16.6. The molecule has 1 aromatic rings. The Kier molecular flexibility index (Phi) is 4.78. The molecule has 0 fully saturated rings. The average molecular weight is 255 g/mol. The van der Waals surface area contributed by atoms with Crippen LogP contribution in [0.1, 0.15) is 12.6 Å². The summed E-state index contributed by atoms with van der Waals surface area (Å²) in [5.74, 6) is 0.554. The van der Waals surface area contributed by atoms with Gasteiger partial charge in [0.1, 0.15) is 5.69 Å². The summed E-state index contributed by atoms with van der Waals surface area (Å²) in [7, 11) is 1.65. The van der Waals surface area contributed by atoms with E-state index in [0.29, 0.717) is 18.2 Å². The number of rotatable bonds is 6. The number of aromatic nitrogens is 2. The molecule has 1 rings (SSSR count). The molecule has 1 heterocycles. The van der Waals surface area contributed by atoms with Crippen molar-refractivity contribution in [2.45, 2.75) is 13.8 Å². The van der Waals surface area contributed by atoms with Gasteiger partial charge in [-0.3, -0.25) is 10.1 Å².